The first-order valence-electron chi connectivity index (χ1n) is 6.10. The normalized spacial score (nSPS) is 18.6. The van der Waals surface area contributed by atoms with Crippen molar-refractivity contribution in [3.63, 3.8) is 0 Å². The first kappa shape index (κ1) is 13.6. The van der Waals surface area contributed by atoms with E-state index in [0.717, 1.165) is 15.7 Å². The molecule has 20 heavy (non-hydrogen) atoms. The van der Waals surface area contributed by atoms with Gasteiger partial charge in [-0.25, -0.2) is 4.39 Å². The molecule has 2 nitrogen and oxygen atoms in total. The fraction of sp³-hybridized carbons (Fsp3) is 0.133. The molecule has 2 aromatic carbocycles. The van der Waals surface area contributed by atoms with Gasteiger partial charge in [-0.3, -0.25) is 9.69 Å². The summed E-state index contributed by atoms with van der Waals surface area (Å²) in [5.74, 6) is 0.182. The fourth-order valence-electron chi connectivity index (χ4n) is 2.21. The quantitative estimate of drug-likeness (QED) is 0.800. The Balaban J connectivity index is 1.98. The molecule has 102 valence electrons. The van der Waals surface area contributed by atoms with E-state index >= 15 is 0 Å². The summed E-state index contributed by atoms with van der Waals surface area (Å²) >= 11 is 4.90. The summed E-state index contributed by atoms with van der Waals surface area (Å²) < 4.78 is 14.3. The zero-order valence-electron chi connectivity index (χ0n) is 10.4. The highest BCUT2D eigenvalue weighted by Gasteiger charge is 2.34. The van der Waals surface area contributed by atoms with Crippen LogP contribution in [0, 0.1) is 5.82 Å². The first-order valence-corrected chi connectivity index (χ1v) is 7.94. The Bertz CT molecular complexity index is 647. The number of rotatable bonds is 2. The van der Waals surface area contributed by atoms with Crippen LogP contribution >= 0.6 is 27.7 Å². The van der Waals surface area contributed by atoms with Gasteiger partial charge in [0.25, 0.3) is 0 Å². The van der Waals surface area contributed by atoms with Gasteiger partial charge in [-0.1, -0.05) is 28.1 Å². The van der Waals surface area contributed by atoms with Crippen molar-refractivity contribution < 1.29 is 9.18 Å². The molecule has 3 rings (SSSR count). The van der Waals surface area contributed by atoms with Crippen LogP contribution in [0.4, 0.5) is 10.1 Å². The van der Waals surface area contributed by atoms with Crippen LogP contribution < -0.4 is 4.90 Å². The van der Waals surface area contributed by atoms with Crippen LogP contribution in [0.2, 0.25) is 0 Å². The summed E-state index contributed by atoms with van der Waals surface area (Å²) in [4.78, 5) is 13.9. The molecule has 0 bridgehead atoms. The number of benzene rings is 2. The number of halogens is 2. The molecule has 0 radical (unpaired) electrons. The van der Waals surface area contributed by atoms with Crippen molar-refractivity contribution >= 4 is 39.3 Å². The van der Waals surface area contributed by atoms with Crippen LogP contribution in [-0.4, -0.2) is 11.7 Å². The minimum Gasteiger partial charge on any atom is -0.295 e. The van der Waals surface area contributed by atoms with Crippen LogP contribution in [-0.2, 0) is 4.79 Å². The summed E-state index contributed by atoms with van der Waals surface area (Å²) in [5.41, 5.74) is 1.64. The molecule has 0 saturated carbocycles. The first-order chi connectivity index (χ1) is 9.65. The molecular weight excluding hydrogens is 341 g/mol. The summed E-state index contributed by atoms with van der Waals surface area (Å²) in [6.07, 6.45) is 0. The fourth-order valence-corrected chi connectivity index (χ4v) is 3.64. The minimum atomic E-state index is -0.279. The lowest BCUT2D eigenvalue weighted by molar-refractivity contribution is -0.115. The van der Waals surface area contributed by atoms with E-state index in [1.807, 2.05) is 30.3 Å². The van der Waals surface area contributed by atoms with Gasteiger partial charge in [0.15, 0.2) is 0 Å². The molecule has 0 aromatic heterocycles. The maximum atomic E-state index is 13.4. The standard InChI is InChI=1S/C15H11BrFNOS/c16-11-4-6-13(7-5-11)18-14(19)9-20-15(18)10-2-1-3-12(17)8-10/h1-8,15H,9H2/t15-/m0/s1. The van der Waals surface area contributed by atoms with Gasteiger partial charge in [0.1, 0.15) is 11.2 Å². The van der Waals surface area contributed by atoms with E-state index in [1.54, 1.807) is 11.0 Å². The number of amides is 1. The summed E-state index contributed by atoms with van der Waals surface area (Å²) in [7, 11) is 0. The Morgan fingerprint density at radius 2 is 1.95 bits per heavy atom. The molecule has 0 aliphatic carbocycles. The molecule has 0 spiro atoms. The number of carbonyl (C=O) groups is 1. The van der Waals surface area contributed by atoms with E-state index in [1.165, 1.54) is 23.9 Å². The molecule has 0 N–H and O–H groups in total. The highest BCUT2D eigenvalue weighted by Crippen LogP contribution is 2.41. The van der Waals surface area contributed by atoms with Crippen LogP contribution in [0.5, 0.6) is 0 Å². The Labute approximate surface area is 129 Å². The average Bonchev–Trinajstić information content (AvgIpc) is 2.82. The summed E-state index contributed by atoms with van der Waals surface area (Å²) in [5, 5.41) is -0.167. The van der Waals surface area contributed by atoms with Gasteiger partial charge in [0.2, 0.25) is 5.91 Å². The predicted octanol–water partition coefficient (Wildman–Crippen LogP) is 4.37. The Morgan fingerprint density at radius 1 is 1.20 bits per heavy atom. The molecule has 2 aromatic rings. The van der Waals surface area contributed by atoms with Gasteiger partial charge in [0.05, 0.1) is 5.75 Å². The lowest BCUT2D eigenvalue weighted by Crippen LogP contribution is -2.27. The topological polar surface area (TPSA) is 20.3 Å². The number of hydrogen-bond donors (Lipinski definition) is 0. The van der Waals surface area contributed by atoms with E-state index < -0.39 is 0 Å². The zero-order chi connectivity index (χ0) is 14.1. The lowest BCUT2D eigenvalue weighted by Gasteiger charge is -2.24. The third-order valence-electron chi connectivity index (χ3n) is 3.11. The van der Waals surface area contributed by atoms with Crippen molar-refractivity contribution in [2.75, 3.05) is 10.7 Å². The number of carbonyl (C=O) groups excluding carboxylic acids is 1. The SMILES string of the molecule is O=C1CS[C@@H](c2cccc(F)c2)N1c1ccc(Br)cc1. The zero-order valence-corrected chi connectivity index (χ0v) is 12.8. The number of hydrogen-bond acceptors (Lipinski definition) is 2. The van der Waals surface area contributed by atoms with Crippen molar-refractivity contribution in [1.29, 1.82) is 0 Å². The average molecular weight is 352 g/mol. The minimum absolute atomic E-state index is 0.0478. The van der Waals surface area contributed by atoms with Crippen LogP contribution in [0.25, 0.3) is 0 Å². The third kappa shape index (κ3) is 2.60. The molecule has 1 aliphatic rings. The molecule has 5 heteroatoms. The van der Waals surface area contributed by atoms with Crippen molar-refractivity contribution in [2.24, 2.45) is 0 Å². The van der Waals surface area contributed by atoms with Gasteiger partial charge in [-0.15, -0.1) is 11.8 Å². The van der Waals surface area contributed by atoms with Crippen molar-refractivity contribution in [1.82, 2.24) is 0 Å². The van der Waals surface area contributed by atoms with Gasteiger partial charge in [-0.05, 0) is 42.0 Å². The largest absolute Gasteiger partial charge is 0.295 e. The van der Waals surface area contributed by atoms with Gasteiger partial charge in [0, 0.05) is 10.2 Å². The molecule has 1 fully saturated rings. The highest BCUT2D eigenvalue weighted by atomic mass is 79.9. The third-order valence-corrected chi connectivity index (χ3v) is 4.85. The molecule has 0 unspecified atom stereocenters. The molecule has 1 heterocycles. The second kappa shape index (κ2) is 5.58. The van der Waals surface area contributed by atoms with E-state index in [-0.39, 0.29) is 17.1 Å². The maximum Gasteiger partial charge on any atom is 0.238 e. The second-order valence-electron chi connectivity index (χ2n) is 4.46. The molecule has 1 atom stereocenters. The van der Waals surface area contributed by atoms with Crippen molar-refractivity contribution in [3.05, 3.63) is 64.4 Å². The van der Waals surface area contributed by atoms with Gasteiger partial charge >= 0.3 is 0 Å². The maximum absolute atomic E-state index is 13.4. The molecular formula is C15H11BrFNOS. The molecule has 1 aliphatic heterocycles. The van der Waals surface area contributed by atoms with Gasteiger partial charge < -0.3 is 0 Å². The summed E-state index contributed by atoms with van der Waals surface area (Å²) in [6.45, 7) is 0. The molecule has 1 saturated heterocycles. The number of thioether (sulfide) groups is 1. The lowest BCUT2D eigenvalue weighted by atomic mass is 10.2. The van der Waals surface area contributed by atoms with Crippen LogP contribution in [0.3, 0.4) is 0 Å². The Hall–Kier alpha value is -1.33. The Morgan fingerprint density at radius 3 is 2.65 bits per heavy atom. The monoisotopic (exact) mass is 351 g/mol. The highest BCUT2D eigenvalue weighted by molar-refractivity contribution is 9.10. The van der Waals surface area contributed by atoms with Crippen LogP contribution in [0.1, 0.15) is 10.9 Å². The van der Waals surface area contributed by atoms with Gasteiger partial charge in [-0.2, -0.15) is 0 Å². The van der Waals surface area contributed by atoms with Crippen molar-refractivity contribution in [3.8, 4) is 0 Å². The summed E-state index contributed by atoms with van der Waals surface area (Å²) in [6, 6.07) is 14.0. The number of anilines is 1. The van der Waals surface area contributed by atoms with E-state index in [9.17, 15) is 9.18 Å². The molecule has 1 amide bonds. The number of nitrogens with zero attached hydrogens (tertiary/aromatic N) is 1. The smallest absolute Gasteiger partial charge is 0.238 e. The second-order valence-corrected chi connectivity index (χ2v) is 6.44. The Kier molecular flexibility index (Phi) is 3.81. The van der Waals surface area contributed by atoms with E-state index in [4.69, 9.17) is 0 Å². The van der Waals surface area contributed by atoms with Crippen molar-refractivity contribution in [2.45, 2.75) is 5.37 Å². The predicted molar refractivity (Wildman–Crippen MR) is 83.2 cm³/mol. The van der Waals surface area contributed by atoms with Crippen LogP contribution in [0.15, 0.2) is 53.0 Å². The van der Waals surface area contributed by atoms with E-state index in [2.05, 4.69) is 15.9 Å². The van der Waals surface area contributed by atoms with E-state index in [0.29, 0.717) is 5.75 Å².